The van der Waals surface area contributed by atoms with Gasteiger partial charge in [-0.15, -0.1) is 0 Å². The average Bonchev–Trinajstić information content (AvgIpc) is 3.29. The van der Waals surface area contributed by atoms with Crippen molar-refractivity contribution in [2.45, 2.75) is 31.7 Å². The second kappa shape index (κ2) is 6.63. The molecule has 0 amide bonds. The topological polar surface area (TPSA) is 71.8 Å². The lowest BCUT2D eigenvalue weighted by Crippen LogP contribution is -2.20. The number of hydrogen-bond donors (Lipinski definition) is 1. The third-order valence-electron chi connectivity index (χ3n) is 4.83. The van der Waals surface area contributed by atoms with Crippen LogP contribution in [-0.4, -0.2) is 36.4 Å². The fourth-order valence-electron chi connectivity index (χ4n) is 3.52. The van der Waals surface area contributed by atoms with Crippen molar-refractivity contribution < 1.29 is 0 Å². The Morgan fingerprint density at radius 1 is 1.29 bits per heavy atom. The largest absolute Gasteiger partial charge is 0.346 e. The minimum absolute atomic E-state index is 0.454. The zero-order valence-electron chi connectivity index (χ0n) is 13.2. The molecule has 1 aliphatic carbocycles. The summed E-state index contributed by atoms with van der Waals surface area (Å²) in [6.45, 7) is 0.812. The van der Waals surface area contributed by atoms with Crippen LogP contribution in [0.15, 0.2) is 36.0 Å². The van der Waals surface area contributed by atoms with Gasteiger partial charge >= 0.3 is 0 Å². The van der Waals surface area contributed by atoms with E-state index < -0.39 is 0 Å². The van der Waals surface area contributed by atoms with E-state index in [-0.39, 0.29) is 0 Å². The first kappa shape index (κ1) is 15.2. The van der Waals surface area contributed by atoms with Crippen LogP contribution in [-0.2, 0) is 0 Å². The highest BCUT2D eigenvalue weighted by Crippen LogP contribution is 2.33. The fourth-order valence-corrected chi connectivity index (χ4v) is 3.60. The number of hydrogen-bond acceptors (Lipinski definition) is 5. The Morgan fingerprint density at radius 2 is 2.17 bits per heavy atom. The van der Waals surface area contributed by atoms with Crippen LogP contribution in [0, 0.1) is 5.92 Å². The van der Waals surface area contributed by atoms with Gasteiger partial charge in [0, 0.05) is 23.3 Å². The van der Waals surface area contributed by atoms with Crippen LogP contribution in [0.4, 0.5) is 0 Å². The summed E-state index contributed by atoms with van der Waals surface area (Å²) in [5.74, 6) is 0.632. The summed E-state index contributed by atoms with van der Waals surface area (Å²) in [7, 11) is 0. The van der Waals surface area contributed by atoms with Crippen LogP contribution in [0.3, 0.4) is 0 Å². The number of isothiocyanates is 1. The Balaban J connectivity index is 1.52. The highest BCUT2D eigenvalue weighted by molar-refractivity contribution is 7.78. The number of aromatic nitrogens is 5. The van der Waals surface area contributed by atoms with E-state index in [9.17, 15) is 0 Å². The van der Waals surface area contributed by atoms with Crippen molar-refractivity contribution in [1.29, 1.82) is 0 Å². The minimum Gasteiger partial charge on any atom is -0.346 e. The summed E-state index contributed by atoms with van der Waals surface area (Å²) in [5, 5.41) is 8.08. The molecule has 3 aromatic rings. The molecule has 0 radical (unpaired) electrons. The molecule has 0 spiro atoms. The number of H-pyrrole nitrogens is 1. The molecule has 1 N–H and O–H groups in total. The third-order valence-corrected chi connectivity index (χ3v) is 4.96. The summed E-state index contributed by atoms with van der Waals surface area (Å²) in [4.78, 5) is 15.9. The van der Waals surface area contributed by atoms with Gasteiger partial charge in [-0.2, -0.15) is 5.10 Å². The van der Waals surface area contributed by atoms with Crippen molar-refractivity contribution in [3.8, 4) is 11.3 Å². The Morgan fingerprint density at radius 3 is 3.00 bits per heavy atom. The molecular weight excluding hydrogens is 320 g/mol. The summed E-state index contributed by atoms with van der Waals surface area (Å²) in [5.41, 5.74) is 2.82. The molecule has 0 aliphatic heterocycles. The van der Waals surface area contributed by atoms with Crippen molar-refractivity contribution in [1.82, 2.24) is 24.7 Å². The van der Waals surface area contributed by atoms with Crippen molar-refractivity contribution in [2.24, 2.45) is 10.9 Å². The zero-order valence-corrected chi connectivity index (χ0v) is 14.0. The summed E-state index contributed by atoms with van der Waals surface area (Å²) in [6, 6.07) is 2.46. The molecule has 0 saturated heterocycles. The van der Waals surface area contributed by atoms with E-state index in [1.807, 2.05) is 18.5 Å². The second-order valence-electron chi connectivity index (χ2n) is 6.28. The second-order valence-corrected chi connectivity index (χ2v) is 6.46. The Labute approximate surface area is 145 Å². The average molecular weight is 338 g/mol. The van der Waals surface area contributed by atoms with Crippen LogP contribution in [0.1, 0.15) is 31.7 Å². The van der Waals surface area contributed by atoms with E-state index in [2.05, 4.69) is 53.3 Å². The number of fused-ring (bicyclic) bond motifs is 1. The van der Waals surface area contributed by atoms with Crippen molar-refractivity contribution in [3.05, 3.63) is 31.0 Å². The first-order valence-corrected chi connectivity index (χ1v) is 8.62. The van der Waals surface area contributed by atoms with Crippen LogP contribution >= 0.6 is 12.2 Å². The fraction of sp³-hybridized carbons (Fsp3) is 0.412. The lowest BCUT2D eigenvalue weighted by Gasteiger charge is -2.27. The highest BCUT2D eigenvalue weighted by atomic mass is 32.1. The quantitative estimate of drug-likeness (QED) is 0.582. The molecule has 1 fully saturated rings. The third kappa shape index (κ3) is 2.88. The van der Waals surface area contributed by atoms with Gasteiger partial charge in [-0.3, -0.25) is 4.68 Å². The number of thiocarbonyl (C=S) groups is 1. The Hall–Kier alpha value is -2.37. The Bertz CT molecular complexity index is 883. The van der Waals surface area contributed by atoms with Gasteiger partial charge in [0.25, 0.3) is 0 Å². The molecule has 6 nitrogen and oxygen atoms in total. The Kier molecular flexibility index (Phi) is 4.19. The number of aromatic amines is 1. The maximum absolute atomic E-state index is 4.65. The van der Waals surface area contributed by atoms with Crippen LogP contribution in [0.2, 0.25) is 0 Å². The van der Waals surface area contributed by atoms with E-state index in [0.717, 1.165) is 54.5 Å². The van der Waals surface area contributed by atoms with Gasteiger partial charge in [-0.05, 0) is 49.9 Å². The van der Waals surface area contributed by atoms with E-state index in [1.165, 1.54) is 0 Å². The molecule has 0 bridgehead atoms. The van der Waals surface area contributed by atoms with Crippen LogP contribution in [0.25, 0.3) is 22.3 Å². The molecule has 0 unspecified atom stereocenters. The minimum atomic E-state index is 0.454. The van der Waals surface area contributed by atoms with Crippen LogP contribution in [0.5, 0.6) is 0 Å². The SMILES string of the molecule is S=C=NCC1CCC(n2cc(-c3ncnc4[nH]ccc34)cn2)CC1. The van der Waals surface area contributed by atoms with Gasteiger partial charge in [0.1, 0.15) is 12.0 Å². The molecule has 0 atom stereocenters. The summed E-state index contributed by atoms with van der Waals surface area (Å²) >= 11 is 4.65. The van der Waals surface area contributed by atoms with Gasteiger partial charge in [0.15, 0.2) is 0 Å². The maximum atomic E-state index is 4.65. The molecule has 7 heteroatoms. The summed E-state index contributed by atoms with van der Waals surface area (Å²) in [6.07, 6.45) is 12.1. The highest BCUT2D eigenvalue weighted by Gasteiger charge is 2.23. The van der Waals surface area contributed by atoms with Gasteiger partial charge in [-0.1, -0.05) is 0 Å². The maximum Gasteiger partial charge on any atom is 0.141 e. The number of aliphatic imine (C=N–C) groups is 1. The molecule has 3 aromatic heterocycles. The lowest BCUT2D eigenvalue weighted by atomic mass is 9.86. The first-order valence-electron chi connectivity index (χ1n) is 8.21. The molecule has 4 rings (SSSR count). The van der Waals surface area contributed by atoms with Crippen LogP contribution < -0.4 is 0 Å². The monoisotopic (exact) mass is 338 g/mol. The molecular formula is C17H18N6S. The molecule has 0 aromatic carbocycles. The van der Waals surface area contributed by atoms with Gasteiger partial charge in [0.2, 0.25) is 0 Å². The van der Waals surface area contributed by atoms with Crippen molar-refractivity contribution >= 4 is 28.4 Å². The standard InChI is InChI=1S/C17H18N6S/c24-11-18-7-12-1-3-14(4-2-12)23-9-13(8-22-23)16-15-5-6-19-17(15)21-10-20-16/h5-6,8-10,12,14H,1-4,7H2,(H,19,20,21). The predicted molar refractivity (Wildman–Crippen MR) is 96.0 cm³/mol. The van der Waals surface area contributed by atoms with Crippen molar-refractivity contribution in [3.63, 3.8) is 0 Å². The normalized spacial score (nSPS) is 20.8. The molecule has 1 saturated carbocycles. The van der Waals surface area contributed by atoms with E-state index in [4.69, 9.17) is 0 Å². The molecule has 122 valence electrons. The first-order chi connectivity index (χ1) is 11.8. The van der Waals surface area contributed by atoms with Gasteiger partial charge < -0.3 is 4.98 Å². The van der Waals surface area contributed by atoms with E-state index >= 15 is 0 Å². The zero-order chi connectivity index (χ0) is 16.4. The molecule has 3 heterocycles. The number of nitrogens with one attached hydrogen (secondary N) is 1. The van der Waals surface area contributed by atoms with E-state index in [1.54, 1.807) is 6.33 Å². The molecule has 24 heavy (non-hydrogen) atoms. The van der Waals surface area contributed by atoms with Crippen molar-refractivity contribution in [2.75, 3.05) is 6.54 Å². The summed E-state index contributed by atoms with van der Waals surface area (Å²) < 4.78 is 2.09. The van der Waals surface area contributed by atoms with Gasteiger partial charge in [-0.25, -0.2) is 15.0 Å². The molecule has 1 aliphatic rings. The predicted octanol–water partition coefficient (Wildman–Crippen LogP) is 3.66. The van der Waals surface area contributed by atoms with Gasteiger partial charge in [0.05, 0.1) is 29.6 Å². The number of nitrogens with zero attached hydrogens (tertiary/aromatic N) is 5. The smallest absolute Gasteiger partial charge is 0.141 e. The van der Waals surface area contributed by atoms with E-state index in [0.29, 0.717) is 12.0 Å². The lowest BCUT2D eigenvalue weighted by molar-refractivity contribution is 0.266. The number of rotatable bonds is 4.